The van der Waals surface area contributed by atoms with Gasteiger partial charge in [0.1, 0.15) is 0 Å². The van der Waals surface area contributed by atoms with Crippen molar-refractivity contribution in [1.82, 2.24) is 4.98 Å². The first-order valence-corrected chi connectivity index (χ1v) is 6.39. The number of pyridine rings is 1. The van der Waals surface area contributed by atoms with Gasteiger partial charge in [0.25, 0.3) is 0 Å². The molecule has 2 aliphatic rings. The van der Waals surface area contributed by atoms with E-state index in [0.29, 0.717) is 13.2 Å². The van der Waals surface area contributed by atoms with E-state index < -0.39 is 11.2 Å². The quantitative estimate of drug-likeness (QED) is 0.759. The Labute approximate surface area is 107 Å². The first-order chi connectivity index (χ1) is 8.79. The Bertz CT molecular complexity index is 450. The summed E-state index contributed by atoms with van der Waals surface area (Å²) in [5.41, 5.74) is 0.405. The summed E-state index contributed by atoms with van der Waals surface area (Å²) in [6, 6.07) is 8.22. The number of nitrogens with zero attached hydrogens (tertiary/aromatic N) is 2. The molecule has 0 N–H and O–H groups in total. The van der Waals surface area contributed by atoms with Gasteiger partial charge in [0, 0.05) is 19.0 Å². The fourth-order valence-electron chi connectivity index (χ4n) is 2.91. The molecule has 1 aliphatic heterocycles. The first-order valence-electron chi connectivity index (χ1n) is 6.39. The van der Waals surface area contributed by atoms with Gasteiger partial charge in [-0.05, 0) is 25.0 Å². The molecule has 3 rings (SSSR count). The van der Waals surface area contributed by atoms with Gasteiger partial charge in [-0.2, -0.15) is 5.26 Å². The molecule has 1 aliphatic carbocycles. The highest BCUT2D eigenvalue weighted by Crippen LogP contribution is 2.45. The maximum atomic E-state index is 9.55. The van der Waals surface area contributed by atoms with E-state index in [1.165, 1.54) is 0 Å². The third kappa shape index (κ3) is 1.80. The normalized spacial score (nSPS) is 24.8. The Hall–Kier alpha value is -1.44. The average molecular weight is 244 g/mol. The lowest BCUT2D eigenvalue weighted by molar-refractivity contribution is -0.182. The van der Waals surface area contributed by atoms with E-state index in [1.54, 1.807) is 6.20 Å². The van der Waals surface area contributed by atoms with Crippen LogP contribution < -0.4 is 0 Å². The van der Waals surface area contributed by atoms with Crippen molar-refractivity contribution >= 4 is 0 Å². The number of hydrogen-bond acceptors (Lipinski definition) is 4. The molecular formula is C14H16N2O2. The molecule has 18 heavy (non-hydrogen) atoms. The zero-order valence-corrected chi connectivity index (χ0v) is 10.3. The maximum Gasteiger partial charge on any atom is 0.168 e. The van der Waals surface area contributed by atoms with E-state index in [-0.39, 0.29) is 0 Å². The molecule has 0 atom stereocenters. The largest absolute Gasteiger partial charge is 0.348 e. The SMILES string of the molecule is N#CC1(c2ccccn2)CCC2(CC1)OCCO2. The zero-order chi connectivity index (χ0) is 12.5. The zero-order valence-electron chi connectivity index (χ0n) is 10.3. The van der Waals surface area contributed by atoms with Gasteiger partial charge >= 0.3 is 0 Å². The third-order valence-electron chi connectivity index (χ3n) is 4.05. The summed E-state index contributed by atoms with van der Waals surface area (Å²) in [7, 11) is 0. The van der Waals surface area contributed by atoms with E-state index in [0.717, 1.165) is 31.4 Å². The second-order valence-corrected chi connectivity index (χ2v) is 5.02. The molecule has 94 valence electrons. The van der Waals surface area contributed by atoms with Gasteiger partial charge in [0.05, 0.1) is 30.4 Å². The molecule has 1 aromatic heterocycles. The molecule has 1 saturated carbocycles. The monoisotopic (exact) mass is 244 g/mol. The van der Waals surface area contributed by atoms with Crippen LogP contribution in [-0.4, -0.2) is 24.0 Å². The molecule has 4 nitrogen and oxygen atoms in total. The fourth-order valence-corrected chi connectivity index (χ4v) is 2.91. The van der Waals surface area contributed by atoms with Crippen molar-refractivity contribution in [1.29, 1.82) is 5.26 Å². The molecular weight excluding hydrogens is 228 g/mol. The number of aromatic nitrogens is 1. The Kier molecular flexibility index (Phi) is 2.81. The summed E-state index contributed by atoms with van der Waals surface area (Å²) in [6.07, 6.45) is 4.80. The Morgan fingerprint density at radius 2 is 1.83 bits per heavy atom. The minimum atomic E-state index is -0.470. The summed E-state index contributed by atoms with van der Waals surface area (Å²) >= 11 is 0. The van der Waals surface area contributed by atoms with Gasteiger partial charge in [-0.25, -0.2) is 0 Å². The molecule has 2 heterocycles. The minimum absolute atomic E-state index is 0.421. The van der Waals surface area contributed by atoms with Gasteiger partial charge in [0.15, 0.2) is 5.79 Å². The number of hydrogen-bond donors (Lipinski definition) is 0. The summed E-state index contributed by atoms with van der Waals surface area (Å²) < 4.78 is 11.4. The lowest BCUT2D eigenvalue weighted by atomic mass is 9.70. The van der Waals surface area contributed by atoms with Crippen LogP contribution in [0.5, 0.6) is 0 Å². The van der Waals surface area contributed by atoms with Gasteiger partial charge in [-0.15, -0.1) is 0 Å². The predicted molar refractivity (Wildman–Crippen MR) is 64.6 cm³/mol. The molecule has 4 heteroatoms. The number of rotatable bonds is 1. The third-order valence-corrected chi connectivity index (χ3v) is 4.05. The van der Waals surface area contributed by atoms with Crippen molar-refractivity contribution in [2.45, 2.75) is 36.9 Å². The van der Waals surface area contributed by atoms with Crippen LogP contribution in [0.15, 0.2) is 24.4 Å². The van der Waals surface area contributed by atoms with Crippen molar-refractivity contribution in [2.75, 3.05) is 13.2 Å². The van der Waals surface area contributed by atoms with Gasteiger partial charge in [-0.3, -0.25) is 4.98 Å². The van der Waals surface area contributed by atoms with E-state index in [1.807, 2.05) is 18.2 Å². The van der Waals surface area contributed by atoms with Crippen molar-refractivity contribution in [3.63, 3.8) is 0 Å². The molecule has 0 radical (unpaired) electrons. The van der Waals surface area contributed by atoms with Crippen LogP contribution in [0.1, 0.15) is 31.4 Å². The molecule has 1 spiro atoms. The van der Waals surface area contributed by atoms with Crippen LogP contribution in [0, 0.1) is 11.3 Å². The molecule has 0 unspecified atom stereocenters. The van der Waals surface area contributed by atoms with Crippen LogP contribution >= 0.6 is 0 Å². The number of nitriles is 1. The minimum Gasteiger partial charge on any atom is -0.348 e. The first kappa shape index (κ1) is 11.6. The highest BCUT2D eigenvalue weighted by Gasteiger charge is 2.47. The van der Waals surface area contributed by atoms with Gasteiger partial charge < -0.3 is 9.47 Å². The molecule has 0 aromatic carbocycles. The summed E-state index contributed by atoms with van der Waals surface area (Å²) in [4.78, 5) is 4.36. The fraction of sp³-hybridized carbons (Fsp3) is 0.571. The smallest absolute Gasteiger partial charge is 0.168 e. The highest BCUT2D eigenvalue weighted by molar-refractivity contribution is 5.27. The molecule has 1 aromatic rings. The van der Waals surface area contributed by atoms with E-state index >= 15 is 0 Å². The molecule has 2 fully saturated rings. The Morgan fingerprint density at radius 1 is 1.11 bits per heavy atom. The lowest BCUT2D eigenvalue weighted by Crippen LogP contribution is -2.41. The average Bonchev–Trinajstić information content (AvgIpc) is 2.90. The Balaban J connectivity index is 1.82. The highest BCUT2D eigenvalue weighted by atomic mass is 16.7. The van der Waals surface area contributed by atoms with Gasteiger partial charge in [-0.1, -0.05) is 6.07 Å². The van der Waals surface area contributed by atoms with Gasteiger partial charge in [0.2, 0.25) is 0 Å². The van der Waals surface area contributed by atoms with Crippen LogP contribution in [0.2, 0.25) is 0 Å². The summed E-state index contributed by atoms with van der Waals surface area (Å²) in [6.45, 7) is 1.34. The topological polar surface area (TPSA) is 55.1 Å². The second-order valence-electron chi connectivity index (χ2n) is 5.02. The van der Waals surface area contributed by atoms with Crippen LogP contribution in [-0.2, 0) is 14.9 Å². The maximum absolute atomic E-state index is 9.55. The van der Waals surface area contributed by atoms with Crippen molar-refractivity contribution < 1.29 is 9.47 Å². The number of ether oxygens (including phenoxy) is 2. The van der Waals surface area contributed by atoms with Crippen molar-refractivity contribution in [2.24, 2.45) is 0 Å². The van der Waals surface area contributed by atoms with E-state index in [9.17, 15) is 5.26 Å². The van der Waals surface area contributed by atoms with Crippen molar-refractivity contribution in [3.05, 3.63) is 30.1 Å². The van der Waals surface area contributed by atoms with E-state index in [2.05, 4.69) is 11.1 Å². The summed E-state index contributed by atoms with van der Waals surface area (Å²) in [5, 5.41) is 9.55. The Morgan fingerprint density at radius 3 is 2.39 bits per heavy atom. The van der Waals surface area contributed by atoms with Crippen LogP contribution in [0.4, 0.5) is 0 Å². The lowest BCUT2D eigenvalue weighted by Gasteiger charge is -2.39. The standard InChI is InChI=1S/C14H16N2O2/c15-11-13(12-3-1-2-8-16-12)4-6-14(7-5-13)17-9-10-18-14/h1-3,8H,4-7,9-10H2. The van der Waals surface area contributed by atoms with Crippen molar-refractivity contribution in [3.8, 4) is 6.07 Å². The van der Waals surface area contributed by atoms with Crippen LogP contribution in [0.25, 0.3) is 0 Å². The van der Waals surface area contributed by atoms with E-state index in [4.69, 9.17) is 9.47 Å². The molecule has 0 bridgehead atoms. The van der Waals surface area contributed by atoms with Crippen LogP contribution in [0.3, 0.4) is 0 Å². The summed E-state index contributed by atoms with van der Waals surface area (Å²) in [5.74, 6) is -0.421. The molecule has 1 saturated heterocycles. The second kappa shape index (κ2) is 4.34. The molecule has 0 amide bonds. The predicted octanol–water partition coefficient (Wildman–Crippen LogP) is 2.16.